The highest BCUT2D eigenvalue weighted by Crippen LogP contribution is 2.27. The average molecular weight is 316 g/mol. The standard InChI is InChI=1S/C12H14ClN3O3S/c1-7(2)5-11(17)15-12(20)14-9-4-3-8(13)6-10(9)16(18)19/h3-4,6-7H,5H2,1-2H3,(H2,14,15,17,20). The lowest BCUT2D eigenvalue weighted by Crippen LogP contribution is -2.34. The van der Waals surface area contributed by atoms with Crippen LogP contribution < -0.4 is 10.6 Å². The van der Waals surface area contributed by atoms with Gasteiger partial charge in [-0.25, -0.2) is 0 Å². The highest BCUT2D eigenvalue weighted by atomic mass is 35.5. The zero-order chi connectivity index (χ0) is 15.3. The smallest absolute Gasteiger partial charge is 0.294 e. The average Bonchev–Trinajstić information content (AvgIpc) is 2.29. The Morgan fingerprint density at radius 3 is 2.70 bits per heavy atom. The molecule has 1 aromatic carbocycles. The van der Waals surface area contributed by atoms with Crippen molar-refractivity contribution in [3.8, 4) is 0 Å². The minimum atomic E-state index is -0.577. The zero-order valence-corrected chi connectivity index (χ0v) is 12.5. The van der Waals surface area contributed by atoms with Gasteiger partial charge < -0.3 is 10.6 Å². The maximum atomic E-state index is 11.5. The van der Waals surface area contributed by atoms with Gasteiger partial charge in [0.2, 0.25) is 5.91 Å². The molecule has 0 radical (unpaired) electrons. The number of thiocarbonyl (C=S) groups is 1. The molecule has 0 fully saturated rings. The molecule has 1 amide bonds. The second kappa shape index (κ2) is 7.16. The number of carbonyl (C=O) groups is 1. The summed E-state index contributed by atoms with van der Waals surface area (Å²) in [7, 11) is 0. The number of carbonyl (C=O) groups excluding carboxylic acids is 1. The van der Waals surface area contributed by atoms with Crippen molar-refractivity contribution in [2.45, 2.75) is 20.3 Å². The predicted octanol–water partition coefficient (Wildman–Crippen LogP) is 3.11. The van der Waals surface area contributed by atoms with Crippen molar-refractivity contribution in [2.75, 3.05) is 5.32 Å². The fourth-order valence-corrected chi connectivity index (χ4v) is 1.85. The highest BCUT2D eigenvalue weighted by Gasteiger charge is 2.16. The molecule has 0 atom stereocenters. The Kier molecular flexibility index (Phi) is 5.84. The van der Waals surface area contributed by atoms with E-state index in [0.29, 0.717) is 6.42 Å². The summed E-state index contributed by atoms with van der Waals surface area (Å²) < 4.78 is 0. The van der Waals surface area contributed by atoms with Gasteiger partial charge in [0, 0.05) is 17.5 Å². The predicted molar refractivity (Wildman–Crippen MR) is 81.9 cm³/mol. The molecule has 0 saturated heterocycles. The monoisotopic (exact) mass is 315 g/mol. The number of nitro groups is 1. The third kappa shape index (κ3) is 5.10. The van der Waals surface area contributed by atoms with Crippen LogP contribution in [0.5, 0.6) is 0 Å². The van der Waals surface area contributed by atoms with Gasteiger partial charge in [-0.2, -0.15) is 0 Å². The van der Waals surface area contributed by atoms with Crippen LogP contribution in [0.1, 0.15) is 20.3 Å². The number of nitrogens with zero attached hydrogens (tertiary/aromatic N) is 1. The van der Waals surface area contributed by atoms with Gasteiger partial charge in [0.05, 0.1) is 4.92 Å². The van der Waals surface area contributed by atoms with Crippen molar-refractivity contribution < 1.29 is 9.72 Å². The lowest BCUT2D eigenvalue weighted by molar-refractivity contribution is -0.383. The lowest BCUT2D eigenvalue weighted by atomic mass is 10.1. The summed E-state index contributed by atoms with van der Waals surface area (Å²) in [5.41, 5.74) is -0.0350. The third-order valence-electron chi connectivity index (χ3n) is 2.25. The molecular weight excluding hydrogens is 302 g/mol. The summed E-state index contributed by atoms with van der Waals surface area (Å²) >= 11 is 10.6. The Morgan fingerprint density at radius 2 is 2.15 bits per heavy atom. The number of rotatable bonds is 4. The van der Waals surface area contributed by atoms with Crippen molar-refractivity contribution in [3.63, 3.8) is 0 Å². The van der Waals surface area contributed by atoms with Crippen molar-refractivity contribution in [2.24, 2.45) is 5.92 Å². The van der Waals surface area contributed by atoms with E-state index in [9.17, 15) is 14.9 Å². The van der Waals surface area contributed by atoms with Gasteiger partial charge in [-0.05, 0) is 30.3 Å². The number of hydrogen-bond donors (Lipinski definition) is 2. The minimum absolute atomic E-state index is 0.0149. The molecule has 8 heteroatoms. The molecule has 1 rings (SSSR count). The third-order valence-corrected chi connectivity index (χ3v) is 2.69. The topological polar surface area (TPSA) is 84.3 Å². The molecule has 0 aliphatic heterocycles. The summed E-state index contributed by atoms with van der Waals surface area (Å²) in [6.45, 7) is 3.81. The van der Waals surface area contributed by atoms with Crippen LogP contribution in [0.25, 0.3) is 0 Å². The van der Waals surface area contributed by atoms with Crippen LogP contribution in [0.3, 0.4) is 0 Å². The van der Waals surface area contributed by atoms with E-state index in [2.05, 4.69) is 10.6 Å². The first-order valence-corrected chi connectivity index (χ1v) is 6.63. The zero-order valence-electron chi connectivity index (χ0n) is 11.0. The molecule has 0 bridgehead atoms. The summed E-state index contributed by atoms with van der Waals surface area (Å²) in [4.78, 5) is 21.9. The number of benzene rings is 1. The summed E-state index contributed by atoms with van der Waals surface area (Å²) in [6.07, 6.45) is 0.324. The van der Waals surface area contributed by atoms with Gasteiger partial charge in [-0.3, -0.25) is 14.9 Å². The van der Waals surface area contributed by atoms with Crippen LogP contribution in [-0.4, -0.2) is 15.9 Å². The van der Waals surface area contributed by atoms with E-state index in [4.69, 9.17) is 23.8 Å². The van der Waals surface area contributed by atoms with E-state index in [0.717, 1.165) is 0 Å². The summed E-state index contributed by atoms with van der Waals surface area (Å²) in [5.74, 6) is -0.0446. The first-order chi connectivity index (χ1) is 9.29. The van der Waals surface area contributed by atoms with Crippen LogP contribution in [-0.2, 0) is 4.79 Å². The van der Waals surface area contributed by atoms with Crippen molar-refractivity contribution in [1.29, 1.82) is 0 Å². The van der Waals surface area contributed by atoms with Gasteiger partial charge in [0.1, 0.15) is 5.69 Å². The molecule has 1 aromatic rings. The number of halogens is 1. The molecule has 20 heavy (non-hydrogen) atoms. The molecular formula is C12H14ClN3O3S. The maximum absolute atomic E-state index is 11.5. The lowest BCUT2D eigenvalue weighted by Gasteiger charge is -2.11. The number of anilines is 1. The van der Waals surface area contributed by atoms with Gasteiger partial charge in [-0.1, -0.05) is 25.4 Å². The van der Waals surface area contributed by atoms with E-state index < -0.39 is 4.92 Å². The van der Waals surface area contributed by atoms with E-state index in [-0.39, 0.29) is 33.3 Å². The van der Waals surface area contributed by atoms with Crippen LogP contribution in [0, 0.1) is 16.0 Å². The van der Waals surface area contributed by atoms with Gasteiger partial charge in [0.25, 0.3) is 5.69 Å². The number of nitrogens with one attached hydrogen (secondary N) is 2. The van der Waals surface area contributed by atoms with Crippen LogP contribution in [0.2, 0.25) is 5.02 Å². The molecule has 0 unspecified atom stereocenters. The van der Waals surface area contributed by atoms with Crippen LogP contribution >= 0.6 is 23.8 Å². The van der Waals surface area contributed by atoms with Crippen molar-refractivity contribution in [3.05, 3.63) is 33.3 Å². The number of nitro benzene ring substituents is 1. The largest absolute Gasteiger partial charge is 0.327 e. The first kappa shape index (κ1) is 16.3. The molecule has 0 spiro atoms. The van der Waals surface area contributed by atoms with Gasteiger partial charge in [0.15, 0.2) is 5.11 Å². The fraction of sp³-hybridized carbons (Fsp3) is 0.333. The van der Waals surface area contributed by atoms with Gasteiger partial charge in [-0.15, -0.1) is 0 Å². The van der Waals surface area contributed by atoms with Gasteiger partial charge >= 0.3 is 0 Å². The molecule has 0 saturated carbocycles. The Bertz CT molecular complexity index is 549. The quantitative estimate of drug-likeness (QED) is 0.506. The molecule has 6 nitrogen and oxygen atoms in total. The molecule has 108 valence electrons. The second-order valence-corrected chi connectivity index (χ2v) is 5.36. The van der Waals surface area contributed by atoms with E-state index in [1.165, 1.54) is 18.2 Å². The SMILES string of the molecule is CC(C)CC(=O)NC(=S)Nc1ccc(Cl)cc1[N+](=O)[O-]. The van der Waals surface area contributed by atoms with Crippen LogP contribution in [0.15, 0.2) is 18.2 Å². The van der Waals surface area contributed by atoms with Crippen molar-refractivity contribution >= 4 is 46.2 Å². The summed E-state index contributed by atoms with van der Waals surface area (Å²) in [5, 5.41) is 16.3. The van der Waals surface area contributed by atoms with E-state index in [1.807, 2.05) is 13.8 Å². The molecule has 0 aliphatic rings. The number of amides is 1. The summed E-state index contributed by atoms with van der Waals surface area (Å²) in [6, 6.07) is 4.14. The molecule has 2 N–H and O–H groups in total. The minimum Gasteiger partial charge on any atom is -0.327 e. The Morgan fingerprint density at radius 1 is 1.50 bits per heavy atom. The van der Waals surface area contributed by atoms with E-state index >= 15 is 0 Å². The Hall–Kier alpha value is -1.73. The molecule has 0 aliphatic carbocycles. The Labute approximate surface area is 126 Å². The van der Waals surface area contributed by atoms with Crippen molar-refractivity contribution in [1.82, 2.24) is 5.32 Å². The maximum Gasteiger partial charge on any atom is 0.294 e. The normalized spacial score (nSPS) is 10.2. The second-order valence-electron chi connectivity index (χ2n) is 4.52. The van der Waals surface area contributed by atoms with Crippen LogP contribution in [0.4, 0.5) is 11.4 Å². The number of hydrogen-bond acceptors (Lipinski definition) is 4. The fourth-order valence-electron chi connectivity index (χ4n) is 1.46. The molecule has 0 aromatic heterocycles. The Balaban J connectivity index is 2.76. The molecule has 0 heterocycles. The van der Waals surface area contributed by atoms with E-state index in [1.54, 1.807) is 0 Å². The highest BCUT2D eigenvalue weighted by molar-refractivity contribution is 7.80. The first-order valence-electron chi connectivity index (χ1n) is 5.84.